The predicted octanol–water partition coefficient (Wildman–Crippen LogP) is 4.90. The highest BCUT2D eigenvalue weighted by Gasteiger charge is 2.13. The van der Waals surface area contributed by atoms with Crippen molar-refractivity contribution < 1.29 is 18.3 Å². The predicted molar refractivity (Wildman–Crippen MR) is 88.8 cm³/mol. The fourth-order valence-corrected chi connectivity index (χ4v) is 2.14. The SMILES string of the molecule is O=C(Nc1ccccc1F)c1ccc(COc2ccc(Cl)cc2)o1. The average Bonchev–Trinajstić information content (AvgIpc) is 3.06. The number of amides is 1. The topological polar surface area (TPSA) is 51.5 Å². The van der Waals surface area contributed by atoms with Gasteiger partial charge in [-0.3, -0.25) is 4.79 Å². The van der Waals surface area contributed by atoms with Gasteiger partial charge in [0.05, 0.1) is 5.69 Å². The minimum atomic E-state index is -0.530. The number of anilines is 1. The van der Waals surface area contributed by atoms with Gasteiger partial charge in [-0.15, -0.1) is 0 Å². The number of rotatable bonds is 5. The molecule has 2 aromatic carbocycles. The fourth-order valence-electron chi connectivity index (χ4n) is 2.01. The van der Waals surface area contributed by atoms with Crippen molar-refractivity contribution in [3.05, 3.63) is 83.0 Å². The molecule has 24 heavy (non-hydrogen) atoms. The molecule has 0 radical (unpaired) electrons. The monoisotopic (exact) mass is 345 g/mol. The molecule has 0 spiro atoms. The van der Waals surface area contributed by atoms with E-state index in [2.05, 4.69) is 5.32 Å². The van der Waals surface area contributed by atoms with Crippen molar-refractivity contribution in [3.8, 4) is 5.75 Å². The van der Waals surface area contributed by atoms with Crippen molar-refractivity contribution >= 4 is 23.2 Å². The Morgan fingerprint density at radius 2 is 1.83 bits per heavy atom. The lowest BCUT2D eigenvalue weighted by atomic mass is 10.3. The molecule has 0 fully saturated rings. The largest absolute Gasteiger partial charge is 0.486 e. The Morgan fingerprint density at radius 1 is 1.08 bits per heavy atom. The molecule has 0 atom stereocenters. The van der Waals surface area contributed by atoms with Crippen LogP contribution in [0.1, 0.15) is 16.3 Å². The molecular weight excluding hydrogens is 333 g/mol. The first-order chi connectivity index (χ1) is 11.6. The molecule has 122 valence electrons. The van der Waals surface area contributed by atoms with E-state index in [0.717, 1.165) is 0 Å². The van der Waals surface area contributed by atoms with Gasteiger partial charge in [-0.05, 0) is 48.5 Å². The standard InChI is InChI=1S/C18H13ClFNO3/c19-12-5-7-13(8-6-12)23-11-14-9-10-17(24-14)18(22)21-16-4-2-1-3-15(16)20/h1-10H,11H2,(H,21,22). The van der Waals surface area contributed by atoms with E-state index in [0.29, 0.717) is 16.5 Å². The van der Waals surface area contributed by atoms with Gasteiger partial charge in [0.25, 0.3) is 5.91 Å². The summed E-state index contributed by atoms with van der Waals surface area (Å²) in [6.07, 6.45) is 0. The first kappa shape index (κ1) is 16.1. The second-order valence-corrected chi connectivity index (χ2v) is 5.38. The second kappa shape index (κ2) is 7.19. The Labute approximate surface area is 142 Å². The minimum Gasteiger partial charge on any atom is -0.486 e. The van der Waals surface area contributed by atoms with Crippen LogP contribution in [0.15, 0.2) is 65.1 Å². The Hall–Kier alpha value is -2.79. The number of hydrogen-bond donors (Lipinski definition) is 1. The summed E-state index contributed by atoms with van der Waals surface area (Å²) < 4.78 is 24.5. The van der Waals surface area contributed by atoms with Crippen LogP contribution in [0.3, 0.4) is 0 Å². The summed E-state index contributed by atoms with van der Waals surface area (Å²) in [6.45, 7) is 0.161. The lowest BCUT2D eigenvalue weighted by Gasteiger charge is -2.05. The molecule has 0 saturated heterocycles. The summed E-state index contributed by atoms with van der Waals surface area (Å²) in [4.78, 5) is 12.1. The Bertz CT molecular complexity index is 845. The van der Waals surface area contributed by atoms with Gasteiger partial charge >= 0.3 is 0 Å². The normalized spacial score (nSPS) is 10.4. The van der Waals surface area contributed by atoms with Crippen molar-refractivity contribution in [2.45, 2.75) is 6.61 Å². The maximum Gasteiger partial charge on any atom is 0.291 e. The van der Waals surface area contributed by atoms with Crippen LogP contribution in [0, 0.1) is 5.82 Å². The summed E-state index contributed by atoms with van der Waals surface area (Å²) in [7, 11) is 0. The number of nitrogens with one attached hydrogen (secondary N) is 1. The van der Waals surface area contributed by atoms with Gasteiger partial charge in [0.15, 0.2) is 5.76 Å². The summed E-state index contributed by atoms with van der Waals surface area (Å²) in [5, 5.41) is 3.07. The van der Waals surface area contributed by atoms with Gasteiger partial charge in [-0.25, -0.2) is 4.39 Å². The molecule has 0 unspecified atom stereocenters. The highest BCUT2D eigenvalue weighted by molar-refractivity contribution is 6.30. The van der Waals surface area contributed by atoms with Gasteiger partial charge in [-0.1, -0.05) is 23.7 Å². The van der Waals surface area contributed by atoms with Crippen molar-refractivity contribution in [1.29, 1.82) is 0 Å². The molecule has 6 heteroatoms. The Kier molecular flexibility index (Phi) is 4.82. The first-order valence-electron chi connectivity index (χ1n) is 7.15. The van der Waals surface area contributed by atoms with Crippen LogP contribution >= 0.6 is 11.6 Å². The molecule has 0 bridgehead atoms. The summed E-state index contributed by atoms with van der Waals surface area (Å²) in [6, 6.07) is 16.0. The highest BCUT2D eigenvalue weighted by atomic mass is 35.5. The molecule has 1 aromatic heterocycles. The maximum atomic E-state index is 13.5. The molecule has 1 heterocycles. The molecule has 3 aromatic rings. The summed E-state index contributed by atoms with van der Waals surface area (Å²) >= 11 is 5.80. The van der Waals surface area contributed by atoms with Crippen LogP contribution < -0.4 is 10.1 Å². The number of carbonyl (C=O) groups excluding carboxylic acids is 1. The molecule has 0 aliphatic heterocycles. The third-order valence-electron chi connectivity index (χ3n) is 3.20. The molecule has 0 aliphatic rings. The molecule has 0 saturated carbocycles. The zero-order valence-electron chi connectivity index (χ0n) is 12.5. The zero-order chi connectivity index (χ0) is 16.9. The van der Waals surface area contributed by atoms with Crippen LogP contribution in [0.5, 0.6) is 5.75 Å². The van der Waals surface area contributed by atoms with E-state index >= 15 is 0 Å². The average molecular weight is 346 g/mol. The van der Waals surface area contributed by atoms with E-state index in [4.69, 9.17) is 20.8 Å². The zero-order valence-corrected chi connectivity index (χ0v) is 13.2. The van der Waals surface area contributed by atoms with Gasteiger partial charge in [-0.2, -0.15) is 0 Å². The Morgan fingerprint density at radius 3 is 2.58 bits per heavy atom. The summed E-state index contributed by atoms with van der Waals surface area (Å²) in [5.41, 5.74) is 0.0952. The van der Waals surface area contributed by atoms with E-state index in [1.807, 2.05) is 0 Å². The van der Waals surface area contributed by atoms with E-state index in [-0.39, 0.29) is 18.1 Å². The fraction of sp³-hybridized carbons (Fsp3) is 0.0556. The van der Waals surface area contributed by atoms with Crippen molar-refractivity contribution in [2.24, 2.45) is 0 Å². The number of carbonyl (C=O) groups is 1. The van der Waals surface area contributed by atoms with Gasteiger partial charge in [0, 0.05) is 5.02 Å². The smallest absolute Gasteiger partial charge is 0.291 e. The summed E-state index contributed by atoms with van der Waals surface area (Å²) in [5.74, 6) is 0.145. The van der Waals surface area contributed by atoms with E-state index in [9.17, 15) is 9.18 Å². The van der Waals surface area contributed by atoms with Crippen LogP contribution in [-0.4, -0.2) is 5.91 Å². The molecule has 1 N–H and O–H groups in total. The lowest BCUT2D eigenvalue weighted by molar-refractivity contribution is 0.0992. The van der Waals surface area contributed by atoms with Crippen molar-refractivity contribution in [3.63, 3.8) is 0 Å². The third kappa shape index (κ3) is 3.94. The molecule has 0 aliphatic carbocycles. The quantitative estimate of drug-likeness (QED) is 0.715. The number of para-hydroxylation sites is 1. The van der Waals surface area contributed by atoms with Gasteiger partial charge in [0.1, 0.15) is 23.9 Å². The number of hydrogen-bond acceptors (Lipinski definition) is 3. The number of halogens is 2. The number of ether oxygens (including phenoxy) is 1. The maximum absolute atomic E-state index is 13.5. The van der Waals surface area contributed by atoms with Crippen LogP contribution in [0.4, 0.5) is 10.1 Å². The molecule has 4 nitrogen and oxygen atoms in total. The minimum absolute atomic E-state index is 0.0768. The second-order valence-electron chi connectivity index (χ2n) is 4.94. The Balaban J connectivity index is 1.61. The molecular formula is C18H13ClFNO3. The van der Waals surface area contributed by atoms with Crippen molar-refractivity contribution in [2.75, 3.05) is 5.32 Å². The number of furan rings is 1. The third-order valence-corrected chi connectivity index (χ3v) is 3.45. The van der Waals surface area contributed by atoms with E-state index < -0.39 is 11.7 Å². The highest BCUT2D eigenvalue weighted by Crippen LogP contribution is 2.19. The van der Waals surface area contributed by atoms with E-state index in [1.165, 1.54) is 18.2 Å². The van der Waals surface area contributed by atoms with Crippen LogP contribution in [-0.2, 0) is 6.61 Å². The van der Waals surface area contributed by atoms with E-state index in [1.54, 1.807) is 42.5 Å². The molecule has 3 rings (SSSR count). The van der Waals surface area contributed by atoms with Gasteiger partial charge < -0.3 is 14.5 Å². The van der Waals surface area contributed by atoms with Crippen LogP contribution in [0.2, 0.25) is 5.02 Å². The van der Waals surface area contributed by atoms with Crippen molar-refractivity contribution in [1.82, 2.24) is 0 Å². The first-order valence-corrected chi connectivity index (χ1v) is 7.52. The number of benzene rings is 2. The lowest BCUT2D eigenvalue weighted by Crippen LogP contribution is -2.12. The molecule has 1 amide bonds. The van der Waals surface area contributed by atoms with Gasteiger partial charge in [0.2, 0.25) is 0 Å². The van der Waals surface area contributed by atoms with Crippen LogP contribution in [0.25, 0.3) is 0 Å².